The summed E-state index contributed by atoms with van der Waals surface area (Å²) in [6.07, 6.45) is 1.73. The number of carboxylic acid groups (broad SMARTS) is 1. The highest BCUT2D eigenvalue weighted by Crippen LogP contribution is 2.25. The van der Waals surface area contributed by atoms with E-state index in [1.807, 2.05) is 0 Å². The van der Waals surface area contributed by atoms with E-state index in [-0.39, 0.29) is 6.04 Å². The van der Waals surface area contributed by atoms with Gasteiger partial charge in [-0.3, -0.25) is 4.79 Å². The third-order valence-electron chi connectivity index (χ3n) is 2.18. The van der Waals surface area contributed by atoms with E-state index in [1.54, 1.807) is 25.1 Å². The van der Waals surface area contributed by atoms with Gasteiger partial charge in [0.2, 0.25) is 5.91 Å². The van der Waals surface area contributed by atoms with Crippen LogP contribution in [-0.2, 0) is 9.59 Å². The lowest BCUT2D eigenvalue weighted by molar-refractivity contribution is -0.131. The van der Waals surface area contributed by atoms with Gasteiger partial charge >= 0.3 is 5.97 Å². The molecule has 0 bridgehead atoms. The first-order valence-electron chi connectivity index (χ1n) is 5.06. The van der Waals surface area contributed by atoms with E-state index in [2.05, 4.69) is 5.32 Å². The fraction of sp³-hybridized carbons (Fsp3) is 0.167. The van der Waals surface area contributed by atoms with Gasteiger partial charge < -0.3 is 10.4 Å². The van der Waals surface area contributed by atoms with E-state index in [0.717, 1.165) is 17.7 Å². The zero-order valence-corrected chi connectivity index (χ0v) is 11.0. The van der Waals surface area contributed by atoms with Crippen LogP contribution >= 0.6 is 23.2 Å². The second-order valence-corrected chi connectivity index (χ2v) is 4.39. The van der Waals surface area contributed by atoms with Crippen LogP contribution in [0, 0.1) is 0 Å². The second kappa shape index (κ2) is 6.42. The summed E-state index contributed by atoms with van der Waals surface area (Å²) in [4.78, 5) is 21.6. The molecule has 0 aliphatic heterocycles. The Morgan fingerprint density at radius 2 is 1.94 bits per heavy atom. The molecule has 1 unspecified atom stereocenters. The summed E-state index contributed by atoms with van der Waals surface area (Å²) in [6, 6.07) is 4.72. The van der Waals surface area contributed by atoms with Crippen molar-refractivity contribution in [1.82, 2.24) is 5.32 Å². The van der Waals surface area contributed by atoms with Crippen LogP contribution in [-0.4, -0.2) is 17.0 Å². The maximum absolute atomic E-state index is 11.4. The lowest BCUT2D eigenvalue weighted by Crippen LogP contribution is -2.24. The lowest BCUT2D eigenvalue weighted by atomic mass is 10.1. The van der Waals surface area contributed by atoms with Crippen molar-refractivity contribution in [3.05, 3.63) is 46.0 Å². The summed E-state index contributed by atoms with van der Waals surface area (Å²) in [5.41, 5.74) is 0.779. The number of carboxylic acids is 1. The first-order chi connectivity index (χ1) is 8.40. The molecule has 1 atom stereocenters. The standard InChI is InChI=1S/C12H11Cl2NO3/c1-7(15-11(16)4-5-12(17)18)8-2-3-9(13)10(14)6-8/h2-7H,1H3,(H,15,16)(H,17,18)/b5-4+. The smallest absolute Gasteiger partial charge is 0.328 e. The average Bonchev–Trinajstić information content (AvgIpc) is 2.30. The predicted octanol–water partition coefficient (Wildman–Crippen LogP) is 2.81. The molecule has 0 heterocycles. The fourth-order valence-corrected chi connectivity index (χ4v) is 1.58. The minimum absolute atomic E-state index is 0.300. The van der Waals surface area contributed by atoms with Crippen molar-refractivity contribution >= 4 is 35.1 Å². The highest BCUT2D eigenvalue weighted by molar-refractivity contribution is 6.42. The van der Waals surface area contributed by atoms with E-state index < -0.39 is 11.9 Å². The Morgan fingerprint density at radius 1 is 1.28 bits per heavy atom. The van der Waals surface area contributed by atoms with Crippen molar-refractivity contribution in [2.24, 2.45) is 0 Å². The number of rotatable bonds is 4. The summed E-state index contributed by atoms with van der Waals surface area (Å²) in [7, 11) is 0. The molecule has 1 aromatic carbocycles. The van der Waals surface area contributed by atoms with Crippen LogP contribution < -0.4 is 5.32 Å². The molecule has 0 spiro atoms. The number of hydrogen-bond donors (Lipinski definition) is 2. The van der Waals surface area contributed by atoms with Crippen LogP contribution in [0.4, 0.5) is 0 Å². The molecular formula is C12H11Cl2NO3. The van der Waals surface area contributed by atoms with Crippen molar-refractivity contribution in [3.63, 3.8) is 0 Å². The van der Waals surface area contributed by atoms with Gasteiger partial charge in [0, 0.05) is 12.2 Å². The molecule has 6 heteroatoms. The monoisotopic (exact) mass is 287 g/mol. The summed E-state index contributed by atoms with van der Waals surface area (Å²) < 4.78 is 0. The predicted molar refractivity (Wildman–Crippen MR) is 69.8 cm³/mol. The molecule has 2 N–H and O–H groups in total. The second-order valence-electron chi connectivity index (χ2n) is 3.58. The maximum Gasteiger partial charge on any atom is 0.328 e. The van der Waals surface area contributed by atoms with E-state index >= 15 is 0 Å². The number of halogens is 2. The molecule has 0 aromatic heterocycles. The highest BCUT2D eigenvalue weighted by Gasteiger charge is 2.09. The molecule has 96 valence electrons. The Balaban J connectivity index is 2.70. The van der Waals surface area contributed by atoms with Crippen molar-refractivity contribution in [3.8, 4) is 0 Å². The van der Waals surface area contributed by atoms with Crippen LogP contribution in [0.3, 0.4) is 0 Å². The van der Waals surface area contributed by atoms with Crippen LogP contribution in [0.1, 0.15) is 18.5 Å². The topological polar surface area (TPSA) is 66.4 Å². The Morgan fingerprint density at radius 3 is 2.50 bits per heavy atom. The minimum Gasteiger partial charge on any atom is -0.478 e. The molecule has 1 aromatic rings. The third kappa shape index (κ3) is 4.39. The van der Waals surface area contributed by atoms with Gasteiger partial charge in [0.25, 0.3) is 0 Å². The van der Waals surface area contributed by atoms with E-state index in [0.29, 0.717) is 10.0 Å². The molecule has 0 fully saturated rings. The number of hydrogen-bond acceptors (Lipinski definition) is 2. The van der Waals surface area contributed by atoms with Gasteiger partial charge in [-0.25, -0.2) is 4.79 Å². The zero-order valence-electron chi connectivity index (χ0n) is 9.48. The highest BCUT2D eigenvalue weighted by atomic mass is 35.5. The normalized spacial score (nSPS) is 12.4. The number of carbonyl (C=O) groups is 2. The number of amides is 1. The van der Waals surface area contributed by atoms with Gasteiger partial charge in [0.05, 0.1) is 16.1 Å². The molecule has 4 nitrogen and oxygen atoms in total. The molecule has 0 aliphatic rings. The van der Waals surface area contributed by atoms with Gasteiger partial charge in [0.15, 0.2) is 0 Å². The molecule has 0 radical (unpaired) electrons. The Kier molecular flexibility index (Phi) is 5.19. The number of aliphatic carboxylic acids is 1. The van der Waals surface area contributed by atoms with E-state index in [1.165, 1.54) is 0 Å². The molecule has 1 rings (SSSR count). The SMILES string of the molecule is CC(NC(=O)/C=C/C(=O)O)c1ccc(Cl)c(Cl)c1. The molecular weight excluding hydrogens is 277 g/mol. The largest absolute Gasteiger partial charge is 0.478 e. The Labute approximate surface area is 114 Å². The first-order valence-corrected chi connectivity index (χ1v) is 5.82. The maximum atomic E-state index is 11.4. The van der Waals surface area contributed by atoms with Crippen LogP contribution in [0.2, 0.25) is 10.0 Å². The quantitative estimate of drug-likeness (QED) is 0.837. The summed E-state index contributed by atoms with van der Waals surface area (Å²) in [5, 5.41) is 11.8. The van der Waals surface area contributed by atoms with E-state index in [9.17, 15) is 9.59 Å². The molecule has 0 saturated heterocycles. The van der Waals surface area contributed by atoms with Gasteiger partial charge in [-0.2, -0.15) is 0 Å². The Bertz CT molecular complexity index is 500. The number of carbonyl (C=O) groups excluding carboxylic acids is 1. The first kappa shape index (κ1) is 14.5. The van der Waals surface area contributed by atoms with Crippen LogP contribution in [0.25, 0.3) is 0 Å². The number of nitrogens with one attached hydrogen (secondary N) is 1. The van der Waals surface area contributed by atoms with Crippen molar-refractivity contribution < 1.29 is 14.7 Å². The average molecular weight is 288 g/mol. The summed E-state index contributed by atoms with van der Waals surface area (Å²) >= 11 is 11.6. The van der Waals surface area contributed by atoms with Crippen molar-refractivity contribution in [2.75, 3.05) is 0 Å². The van der Waals surface area contributed by atoms with Crippen LogP contribution in [0.15, 0.2) is 30.4 Å². The fourth-order valence-electron chi connectivity index (χ4n) is 1.27. The lowest BCUT2D eigenvalue weighted by Gasteiger charge is -2.13. The van der Waals surface area contributed by atoms with E-state index in [4.69, 9.17) is 28.3 Å². The summed E-state index contributed by atoms with van der Waals surface area (Å²) in [5.74, 6) is -1.66. The molecule has 0 aliphatic carbocycles. The Hall–Kier alpha value is -1.52. The van der Waals surface area contributed by atoms with Crippen LogP contribution in [0.5, 0.6) is 0 Å². The van der Waals surface area contributed by atoms with Gasteiger partial charge in [-0.05, 0) is 24.6 Å². The minimum atomic E-state index is -1.17. The van der Waals surface area contributed by atoms with Gasteiger partial charge in [-0.1, -0.05) is 29.3 Å². The van der Waals surface area contributed by atoms with Crippen molar-refractivity contribution in [2.45, 2.75) is 13.0 Å². The third-order valence-corrected chi connectivity index (χ3v) is 2.92. The summed E-state index contributed by atoms with van der Waals surface area (Å²) in [6.45, 7) is 1.76. The molecule has 0 saturated carbocycles. The van der Waals surface area contributed by atoms with Crippen molar-refractivity contribution in [1.29, 1.82) is 0 Å². The molecule has 1 amide bonds. The zero-order chi connectivity index (χ0) is 13.7. The molecule has 18 heavy (non-hydrogen) atoms. The van der Waals surface area contributed by atoms with Gasteiger partial charge in [-0.15, -0.1) is 0 Å². The van der Waals surface area contributed by atoms with Gasteiger partial charge in [0.1, 0.15) is 0 Å². The number of benzene rings is 1.